The molecule has 1 heterocycles. The lowest BCUT2D eigenvalue weighted by atomic mass is 10.3. The van der Waals surface area contributed by atoms with E-state index in [1.807, 2.05) is 24.5 Å². The molecule has 0 saturated carbocycles. The minimum atomic E-state index is -0.841. The van der Waals surface area contributed by atoms with E-state index in [2.05, 4.69) is 10.4 Å². The number of amides is 3. The van der Waals surface area contributed by atoms with E-state index >= 15 is 0 Å². The van der Waals surface area contributed by atoms with E-state index in [1.165, 1.54) is 0 Å². The van der Waals surface area contributed by atoms with Gasteiger partial charge in [0.15, 0.2) is 0 Å². The van der Waals surface area contributed by atoms with Crippen LogP contribution in [-0.4, -0.2) is 34.3 Å². The van der Waals surface area contributed by atoms with Crippen molar-refractivity contribution in [3.63, 3.8) is 0 Å². The van der Waals surface area contributed by atoms with E-state index in [-0.39, 0.29) is 12.6 Å². The first-order chi connectivity index (χ1) is 7.58. The van der Waals surface area contributed by atoms with Gasteiger partial charge in [0.05, 0.1) is 13.1 Å². The fraction of sp³-hybridized carbons (Fsp3) is 0.444. The summed E-state index contributed by atoms with van der Waals surface area (Å²) in [4.78, 5) is 21.4. The van der Waals surface area contributed by atoms with Gasteiger partial charge in [-0.15, -0.1) is 0 Å². The lowest BCUT2D eigenvalue weighted by Crippen LogP contribution is -2.43. The number of hydrogen-bond donors (Lipinski definition) is 3. The predicted molar refractivity (Wildman–Crippen MR) is 57.4 cm³/mol. The van der Waals surface area contributed by atoms with Gasteiger partial charge in [0.1, 0.15) is 0 Å². The lowest BCUT2D eigenvalue weighted by Gasteiger charge is -2.12. The van der Waals surface area contributed by atoms with Crippen LogP contribution in [0, 0.1) is 0 Å². The topological polar surface area (TPSA) is 102 Å². The zero-order valence-corrected chi connectivity index (χ0v) is 9.01. The van der Waals surface area contributed by atoms with Crippen LogP contribution in [0.25, 0.3) is 0 Å². The Morgan fingerprint density at radius 2 is 2.31 bits per heavy atom. The third-order valence-electron chi connectivity index (χ3n) is 1.89. The predicted octanol–water partition coefficient (Wildman–Crippen LogP) is -0.944. The summed E-state index contributed by atoms with van der Waals surface area (Å²) in [6.45, 7) is 2.61. The minimum Gasteiger partial charge on any atom is -0.351 e. The van der Waals surface area contributed by atoms with Crippen LogP contribution in [0.5, 0.6) is 0 Å². The van der Waals surface area contributed by atoms with Crippen LogP contribution in [0.3, 0.4) is 0 Å². The number of hydrogen-bond acceptors (Lipinski definition) is 4. The summed E-state index contributed by atoms with van der Waals surface area (Å²) >= 11 is 0. The van der Waals surface area contributed by atoms with Gasteiger partial charge >= 0.3 is 6.03 Å². The fourth-order valence-corrected chi connectivity index (χ4v) is 1.20. The van der Waals surface area contributed by atoms with Crippen molar-refractivity contribution in [2.75, 3.05) is 6.54 Å². The smallest absolute Gasteiger partial charge is 0.318 e. The molecule has 1 atom stereocenters. The molecule has 7 heteroatoms. The molecule has 1 aromatic rings. The zero-order valence-electron chi connectivity index (χ0n) is 9.01. The second kappa shape index (κ2) is 5.86. The van der Waals surface area contributed by atoms with Crippen LogP contribution >= 0.6 is 0 Å². The first-order valence-electron chi connectivity index (χ1n) is 4.88. The van der Waals surface area contributed by atoms with Gasteiger partial charge in [0.2, 0.25) is 5.91 Å². The van der Waals surface area contributed by atoms with Gasteiger partial charge in [0, 0.05) is 18.4 Å². The first-order valence-corrected chi connectivity index (χ1v) is 4.88. The molecule has 0 aliphatic heterocycles. The monoisotopic (exact) mass is 225 g/mol. The molecule has 0 aliphatic rings. The zero-order chi connectivity index (χ0) is 12.0. The number of nitrogens with one attached hydrogen (secondary N) is 2. The molecular formula is C9H15N5O2. The number of rotatable bonds is 5. The largest absolute Gasteiger partial charge is 0.351 e. The van der Waals surface area contributed by atoms with E-state index in [0.29, 0.717) is 6.54 Å². The summed E-state index contributed by atoms with van der Waals surface area (Å²) in [5, 5.41) is 8.95. The Bertz CT molecular complexity index is 349. The number of carbonyl (C=O) groups excluding carboxylic acids is 2. The Morgan fingerprint density at radius 1 is 1.56 bits per heavy atom. The van der Waals surface area contributed by atoms with Crippen LogP contribution in [0.4, 0.5) is 4.79 Å². The van der Waals surface area contributed by atoms with Crippen molar-refractivity contribution in [2.24, 2.45) is 5.73 Å². The van der Waals surface area contributed by atoms with Crippen molar-refractivity contribution in [3.8, 4) is 0 Å². The lowest BCUT2D eigenvalue weighted by molar-refractivity contribution is -0.119. The Labute approximate surface area is 93.0 Å². The maximum Gasteiger partial charge on any atom is 0.318 e. The van der Waals surface area contributed by atoms with Gasteiger partial charge in [-0.2, -0.15) is 5.10 Å². The van der Waals surface area contributed by atoms with E-state index < -0.39 is 11.9 Å². The van der Waals surface area contributed by atoms with Crippen molar-refractivity contribution < 1.29 is 9.59 Å². The highest BCUT2D eigenvalue weighted by Crippen LogP contribution is 1.89. The maximum atomic E-state index is 11.1. The summed E-state index contributed by atoms with van der Waals surface area (Å²) in [6, 6.07) is 1.05. The van der Waals surface area contributed by atoms with Gasteiger partial charge in [-0.05, 0) is 13.0 Å². The molecule has 0 saturated heterocycles. The first kappa shape index (κ1) is 12.2. The highest BCUT2D eigenvalue weighted by Gasteiger charge is 2.07. The van der Waals surface area contributed by atoms with Crippen LogP contribution in [0.1, 0.15) is 6.92 Å². The number of aromatic nitrogens is 2. The van der Waals surface area contributed by atoms with E-state index in [4.69, 9.17) is 5.73 Å². The number of urea groups is 1. The average Bonchev–Trinajstić information content (AvgIpc) is 2.66. The van der Waals surface area contributed by atoms with Gasteiger partial charge < -0.3 is 11.1 Å². The van der Waals surface area contributed by atoms with Crippen molar-refractivity contribution in [1.29, 1.82) is 0 Å². The Kier molecular flexibility index (Phi) is 4.46. The van der Waals surface area contributed by atoms with Crippen LogP contribution in [0.2, 0.25) is 0 Å². The maximum absolute atomic E-state index is 11.1. The molecule has 1 rings (SSSR count). The molecule has 0 radical (unpaired) electrons. The Morgan fingerprint density at radius 3 is 2.88 bits per heavy atom. The summed E-state index contributed by atoms with van der Waals surface area (Å²) in [6.07, 6.45) is 3.52. The summed E-state index contributed by atoms with van der Waals surface area (Å²) in [5.74, 6) is -0.445. The third-order valence-corrected chi connectivity index (χ3v) is 1.89. The minimum absolute atomic E-state index is 0.0470. The van der Waals surface area contributed by atoms with Crippen molar-refractivity contribution in [2.45, 2.75) is 19.5 Å². The quantitative estimate of drug-likeness (QED) is 0.601. The molecule has 0 aromatic carbocycles. The molecule has 1 unspecified atom stereocenters. The van der Waals surface area contributed by atoms with E-state index in [1.54, 1.807) is 10.9 Å². The molecule has 0 fully saturated rings. The fourth-order valence-electron chi connectivity index (χ4n) is 1.20. The number of carbonyl (C=O) groups is 2. The van der Waals surface area contributed by atoms with Crippen LogP contribution in [0.15, 0.2) is 18.5 Å². The molecule has 1 aromatic heterocycles. The highest BCUT2D eigenvalue weighted by atomic mass is 16.2. The molecule has 4 N–H and O–H groups in total. The third kappa shape index (κ3) is 4.56. The average molecular weight is 225 g/mol. The molecule has 0 aliphatic carbocycles. The standard InChI is InChI=1S/C9H15N5O2/c1-7(6-14-4-2-3-12-14)11-5-8(15)13-9(10)16/h2-4,7,11H,5-6H2,1H3,(H3,10,13,15,16). The second-order valence-electron chi connectivity index (χ2n) is 3.42. The number of nitrogens with two attached hydrogens (primary N) is 1. The molecule has 88 valence electrons. The SMILES string of the molecule is CC(Cn1cccn1)NCC(=O)NC(N)=O. The Hall–Kier alpha value is -1.89. The van der Waals surface area contributed by atoms with Crippen molar-refractivity contribution in [3.05, 3.63) is 18.5 Å². The van der Waals surface area contributed by atoms with Gasteiger partial charge in [-0.3, -0.25) is 14.8 Å². The molecule has 16 heavy (non-hydrogen) atoms. The Balaban J connectivity index is 2.22. The molecule has 0 bridgehead atoms. The summed E-state index contributed by atoms with van der Waals surface area (Å²) in [5.41, 5.74) is 4.80. The van der Waals surface area contributed by atoms with Crippen molar-refractivity contribution in [1.82, 2.24) is 20.4 Å². The molecular weight excluding hydrogens is 210 g/mol. The molecule has 3 amide bonds. The number of imide groups is 1. The molecule has 7 nitrogen and oxygen atoms in total. The van der Waals surface area contributed by atoms with E-state index in [9.17, 15) is 9.59 Å². The van der Waals surface area contributed by atoms with Gasteiger partial charge in [-0.1, -0.05) is 0 Å². The number of nitrogens with zero attached hydrogens (tertiary/aromatic N) is 2. The van der Waals surface area contributed by atoms with E-state index in [0.717, 1.165) is 0 Å². The number of primary amides is 1. The van der Waals surface area contributed by atoms with Crippen LogP contribution < -0.4 is 16.4 Å². The normalized spacial score (nSPS) is 12.1. The summed E-state index contributed by atoms with van der Waals surface area (Å²) < 4.78 is 1.75. The van der Waals surface area contributed by atoms with Crippen LogP contribution in [-0.2, 0) is 11.3 Å². The highest BCUT2D eigenvalue weighted by molar-refractivity contribution is 5.94. The van der Waals surface area contributed by atoms with Gasteiger partial charge in [-0.25, -0.2) is 4.79 Å². The second-order valence-corrected chi connectivity index (χ2v) is 3.42. The molecule has 0 spiro atoms. The van der Waals surface area contributed by atoms with Gasteiger partial charge in [0.25, 0.3) is 0 Å². The summed E-state index contributed by atoms with van der Waals surface area (Å²) in [7, 11) is 0. The van der Waals surface area contributed by atoms with Crippen molar-refractivity contribution >= 4 is 11.9 Å².